The van der Waals surface area contributed by atoms with E-state index in [1.165, 1.54) is 7.05 Å². The number of carbonyl (C=O) groups excluding carboxylic acids is 1. The zero-order valence-electron chi connectivity index (χ0n) is 6.13. The minimum Gasteiger partial charge on any atom is -0.410 e. The van der Waals surface area contributed by atoms with Gasteiger partial charge in [0.15, 0.2) is 0 Å². The highest BCUT2D eigenvalue weighted by Crippen LogP contribution is 2.07. The van der Waals surface area contributed by atoms with E-state index in [0.29, 0.717) is 5.75 Å². The van der Waals surface area contributed by atoms with Gasteiger partial charge in [0.2, 0.25) is 0 Å². The summed E-state index contributed by atoms with van der Waals surface area (Å²) in [6, 6.07) is 9.55. The number of rotatable bonds is 1. The van der Waals surface area contributed by atoms with Crippen LogP contribution in [-0.4, -0.2) is 13.1 Å². The second-order valence-electron chi connectivity index (χ2n) is 1.88. The molecule has 1 N–H and O–H groups in total. The Morgan fingerprint density at radius 2 is 2.55 bits per heavy atom. The summed E-state index contributed by atoms with van der Waals surface area (Å²) in [5, 5.41) is 2.34. The second kappa shape index (κ2) is 3.61. The van der Waals surface area contributed by atoms with Gasteiger partial charge in [0.25, 0.3) is 0 Å². The smallest absolute Gasteiger partial charge is 0.410 e. The van der Waals surface area contributed by atoms with Crippen LogP contribution in [0.1, 0.15) is 0 Å². The molecule has 0 aliphatic rings. The van der Waals surface area contributed by atoms with E-state index in [4.69, 9.17) is 4.74 Å². The molecule has 0 aliphatic carbocycles. The highest BCUT2D eigenvalue weighted by Gasteiger charge is 1.97. The van der Waals surface area contributed by atoms with Gasteiger partial charge >= 0.3 is 6.09 Å². The van der Waals surface area contributed by atoms with Gasteiger partial charge < -0.3 is 10.1 Å². The van der Waals surface area contributed by atoms with Gasteiger partial charge in [-0.2, -0.15) is 0 Å². The number of carbonyl (C=O) groups is 1. The maximum Gasteiger partial charge on any atom is 0.412 e. The van der Waals surface area contributed by atoms with Crippen LogP contribution in [0.25, 0.3) is 0 Å². The number of benzene rings is 1. The van der Waals surface area contributed by atoms with Gasteiger partial charge in [0, 0.05) is 7.05 Å². The molecule has 3 nitrogen and oxygen atoms in total. The number of ether oxygens (including phenoxy) is 1. The van der Waals surface area contributed by atoms with E-state index in [-0.39, 0.29) is 0 Å². The lowest BCUT2D eigenvalue weighted by Gasteiger charge is -2.00. The van der Waals surface area contributed by atoms with E-state index in [0.717, 1.165) is 0 Å². The molecule has 0 atom stereocenters. The Morgan fingerprint density at radius 1 is 1.73 bits per heavy atom. The third kappa shape index (κ3) is 2.29. The lowest BCUT2D eigenvalue weighted by molar-refractivity contribution is 0.203. The normalized spacial score (nSPS) is 8.82. The molecule has 0 saturated carbocycles. The molecule has 1 radical (unpaired) electrons. The van der Waals surface area contributed by atoms with Crippen molar-refractivity contribution in [1.82, 2.24) is 5.32 Å². The van der Waals surface area contributed by atoms with Gasteiger partial charge in [0.05, 0.1) is 0 Å². The number of hydrogen-bond acceptors (Lipinski definition) is 2. The molecule has 0 unspecified atom stereocenters. The Kier molecular flexibility index (Phi) is 2.49. The Morgan fingerprint density at radius 3 is 3.09 bits per heavy atom. The Balaban J connectivity index is 2.58. The van der Waals surface area contributed by atoms with Crippen molar-refractivity contribution in [3.63, 3.8) is 0 Å². The average molecular weight is 150 g/mol. The van der Waals surface area contributed by atoms with Crippen molar-refractivity contribution in [3.8, 4) is 5.75 Å². The lowest BCUT2D eigenvalue weighted by Crippen LogP contribution is -2.21. The molecular weight excluding hydrogens is 142 g/mol. The maximum absolute atomic E-state index is 10.6. The van der Waals surface area contributed by atoms with Crippen LogP contribution < -0.4 is 10.1 Å². The van der Waals surface area contributed by atoms with E-state index in [1.807, 2.05) is 0 Å². The molecule has 0 saturated heterocycles. The fourth-order valence-corrected chi connectivity index (χ4v) is 0.598. The summed E-state index contributed by atoms with van der Waals surface area (Å²) in [4.78, 5) is 10.6. The van der Waals surface area contributed by atoms with E-state index in [2.05, 4.69) is 11.4 Å². The van der Waals surface area contributed by atoms with Gasteiger partial charge in [-0.15, -0.1) is 0 Å². The molecule has 0 heterocycles. The van der Waals surface area contributed by atoms with Crippen molar-refractivity contribution in [1.29, 1.82) is 0 Å². The molecule has 1 aromatic carbocycles. The molecule has 0 aliphatic heterocycles. The summed E-state index contributed by atoms with van der Waals surface area (Å²) in [7, 11) is 1.51. The van der Waals surface area contributed by atoms with Gasteiger partial charge in [0.1, 0.15) is 5.75 Å². The van der Waals surface area contributed by atoms with Crippen LogP contribution >= 0.6 is 0 Å². The topological polar surface area (TPSA) is 38.3 Å². The quantitative estimate of drug-likeness (QED) is 0.653. The van der Waals surface area contributed by atoms with Crippen LogP contribution in [0.4, 0.5) is 4.79 Å². The van der Waals surface area contributed by atoms with Crippen LogP contribution in [0, 0.1) is 6.07 Å². The van der Waals surface area contributed by atoms with Gasteiger partial charge in [-0.1, -0.05) is 12.1 Å². The van der Waals surface area contributed by atoms with Crippen LogP contribution in [0.15, 0.2) is 24.3 Å². The van der Waals surface area contributed by atoms with Crippen LogP contribution in [0.5, 0.6) is 5.75 Å². The van der Waals surface area contributed by atoms with E-state index in [9.17, 15) is 4.79 Å². The molecule has 0 aromatic heterocycles. The standard InChI is InChI=1S/C8H8NO2/c1-9-8(10)11-7-5-3-2-4-6-7/h2-3,5-6H,1H3,(H,9,10). The molecule has 57 valence electrons. The van der Waals surface area contributed by atoms with Gasteiger partial charge in [-0.25, -0.2) is 4.79 Å². The Labute approximate surface area is 65.0 Å². The molecular formula is C8H8NO2. The molecule has 1 rings (SSSR count). The fraction of sp³-hybridized carbons (Fsp3) is 0.125. The molecule has 1 aromatic rings. The number of hydrogen-bond donors (Lipinski definition) is 1. The Bertz CT molecular complexity index is 233. The molecule has 3 heteroatoms. The first-order valence-corrected chi connectivity index (χ1v) is 3.18. The minimum absolute atomic E-state index is 0.468. The van der Waals surface area contributed by atoms with Gasteiger partial charge in [-0.3, -0.25) is 0 Å². The van der Waals surface area contributed by atoms with Crippen LogP contribution in [0.3, 0.4) is 0 Å². The number of amides is 1. The van der Waals surface area contributed by atoms with E-state index >= 15 is 0 Å². The van der Waals surface area contributed by atoms with Crippen molar-refractivity contribution in [2.24, 2.45) is 0 Å². The first-order chi connectivity index (χ1) is 5.33. The zero-order chi connectivity index (χ0) is 8.10. The van der Waals surface area contributed by atoms with Crippen molar-refractivity contribution in [3.05, 3.63) is 30.3 Å². The van der Waals surface area contributed by atoms with Crippen molar-refractivity contribution >= 4 is 6.09 Å². The maximum atomic E-state index is 10.6. The molecule has 0 bridgehead atoms. The largest absolute Gasteiger partial charge is 0.412 e. The third-order valence-electron chi connectivity index (χ3n) is 1.09. The first kappa shape index (κ1) is 7.60. The summed E-state index contributed by atoms with van der Waals surface area (Å²) < 4.78 is 4.78. The van der Waals surface area contributed by atoms with Crippen molar-refractivity contribution in [2.75, 3.05) is 7.05 Å². The van der Waals surface area contributed by atoms with Crippen molar-refractivity contribution < 1.29 is 9.53 Å². The van der Waals surface area contributed by atoms with Crippen molar-refractivity contribution in [2.45, 2.75) is 0 Å². The lowest BCUT2D eigenvalue weighted by atomic mass is 10.3. The molecule has 11 heavy (non-hydrogen) atoms. The average Bonchev–Trinajstić information content (AvgIpc) is 2.06. The van der Waals surface area contributed by atoms with E-state index in [1.54, 1.807) is 24.3 Å². The first-order valence-electron chi connectivity index (χ1n) is 3.18. The Hall–Kier alpha value is -1.51. The van der Waals surface area contributed by atoms with Gasteiger partial charge in [-0.05, 0) is 18.2 Å². The summed E-state index contributed by atoms with van der Waals surface area (Å²) in [6.45, 7) is 0. The SMILES string of the molecule is CNC(=O)Oc1c[c]ccc1. The third-order valence-corrected chi connectivity index (χ3v) is 1.09. The fourth-order valence-electron chi connectivity index (χ4n) is 0.598. The summed E-state index contributed by atoms with van der Waals surface area (Å²) in [5.41, 5.74) is 0. The zero-order valence-corrected chi connectivity index (χ0v) is 6.13. The highest BCUT2D eigenvalue weighted by molar-refractivity contribution is 5.69. The highest BCUT2D eigenvalue weighted by atomic mass is 16.5. The molecule has 1 amide bonds. The molecule has 0 spiro atoms. The predicted molar refractivity (Wildman–Crippen MR) is 40.4 cm³/mol. The second-order valence-corrected chi connectivity index (χ2v) is 1.88. The predicted octanol–water partition coefficient (Wildman–Crippen LogP) is 1.20. The summed E-state index contributed by atoms with van der Waals surface area (Å²) in [6.07, 6.45) is -0.468. The minimum atomic E-state index is -0.468. The monoisotopic (exact) mass is 150 g/mol. The van der Waals surface area contributed by atoms with Crippen LogP contribution in [0.2, 0.25) is 0 Å². The van der Waals surface area contributed by atoms with E-state index < -0.39 is 6.09 Å². The van der Waals surface area contributed by atoms with Crippen LogP contribution in [-0.2, 0) is 0 Å². The number of nitrogens with one attached hydrogen (secondary N) is 1. The summed E-state index contributed by atoms with van der Waals surface area (Å²) in [5.74, 6) is 0.492. The summed E-state index contributed by atoms with van der Waals surface area (Å²) >= 11 is 0. The molecule has 0 fully saturated rings.